The summed E-state index contributed by atoms with van der Waals surface area (Å²) >= 11 is 0. The fourth-order valence-electron chi connectivity index (χ4n) is 4.66. The van der Waals surface area contributed by atoms with Crippen molar-refractivity contribution in [2.75, 3.05) is 0 Å². The van der Waals surface area contributed by atoms with E-state index in [2.05, 4.69) is 14.7 Å². The molecule has 0 saturated heterocycles. The molecule has 0 amide bonds. The van der Waals surface area contributed by atoms with Crippen LogP contribution in [-0.4, -0.2) is 20.4 Å². The van der Waals surface area contributed by atoms with Gasteiger partial charge in [-0.15, -0.1) is 0 Å². The summed E-state index contributed by atoms with van der Waals surface area (Å²) in [7, 11) is 0. The lowest BCUT2D eigenvalue weighted by Crippen LogP contribution is -2.20. The average molecular weight is 523 g/mol. The molecule has 192 valence electrons. The highest BCUT2D eigenvalue weighted by atomic mass is 19.4. The summed E-state index contributed by atoms with van der Waals surface area (Å²) in [6.45, 7) is 0.641. The average Bonchev–Trinajstić information content (AvgIpc) is 3.30. The zero-order valence-electron chi connectivity index (χ0n) is 20.5. The second-order valence-corrected chi connectivity index (χ2v) is 9.11. The molecular formula is C31H21F3N4O. The van der Waals surface area contributed by atoms with E-state index < -0.39 is 17.3 Å². The molecule has 39 heavy (non-hydrogen) atoms. The minimum atomic E-state index is -4.54. The number of rotatable bonds is 5. The number of benzene rings is 4. The van der Waals surface area contributed by atoms with Crippen LogP contribution in [0.25, 0.3) is 33.2 Å². The van der Waals surface area contributed by atoms with E-state index in [1.165, 1.54) is 12.1 Å². The quantitative estimate of drug-likeness (QED) is 0.230. The van der Waals surface area contributed by atoms with Crippen molar-refractivity contribution >= 4 is 28.0 Å². The Morgan fingerprint density at radius 1 is 0.821 bits per heavy atom. The molecule has 0 bridgehead atoms. The highest BCUT2D eigenvalue weighted by molar-refractivity contribution is 5.99. The highest BCUT2D eigenvalue weighted by Gasteiger charge is 2.31. The molecule has 0 radical (unpaired) electrons. The Balaban J connectivity index is 1.50. The molecule has 0 atom stereocenters. The Hall–Kier alpha value is -4.98. The van der Waals surface area contributed by atoms with Gasteiger partial charge in [-0.1, -0.05) is 72.8 Å². The van der Waals surface area contributed by atoms with E-state index in [0.29, 0.717) is 17.4 Å². The van der Waals surface area contributed by atoms with Crippen LogP contribution in [0.2, 0.25) is 0 Å². The van der Waals surface area contributed by atoms with Crippen molar-refractivity contribution in [2.24, 2.45) is 5.10 Å². The monoisotopic (exact) mass is 522 g/mol. The smallest absolute Gasteiger partial charge is 0.342 e. The van der Waals surface area contributed by atoms with Gasteiger partial charge in [0.1, 0.15) is 0 Å². The molecule has 2 heterocycles. The first-order valence-corrected chi connectivity index (χ1v) is 12.2. The largest absolute Gasteiger partial charge is 0.416 e. The van der Waals surface area contributed by atoms with Crippen LogP contribution in [0.1, 0.15) is 16.7 Å². The van der Waals surface area contributed by atoms with Crippen LogP contribution in [0.15, 0.2) is 119 Å². The van der Waals surface area contributed by atoms with Crippen LogP contribution in [0.5, 0.6) is 0 Å². The standard InChI is InChI=1S/C31H21F3N4O/c32-31(33,34)24-12-8-11-22(17-24)29-36-27-15-6-4-14-26(27)30(39)38(29)35-18-23-20-37(19-21-9-2-1-3-10-21)28-16-7-5-13-25(23)28/h1-18,20H,19H2. The number of alkyl halides is 3. The number of aromatic nitrogens is 3. The summed E-state index contributed by atoms with van der Waals surface area (Å²) in [5, 5.41) is 5.73. The van der Waals surface area contributed by atoms with Gasteiger partial charge < -0.3 is 4.57 Å². The topological polar surface area (TPSA) is 52.2 Å². The summed E-state index contributed by atoms with van der Waals surface area (Å²) in [6.07, 6.45) is -1.04. The second kappa shape index (κ2) is 9.72. The molecule has 0 unspecified atom stereocenters. The summed E-state index contributed by atoms with van der Waals surface area (Å²) in [5.41, 5.74) is 2.08. The van der Waals surface area contributed by atoms with Crippen molar-refractivity contribution in [3.8, 4) is 11.4 Å². The Bertz CT molecular complexity index is 1900. The van der Waals surface area contributed by atoms with Gasteiger partial charge in [0.25, 0.3) is 5.56 Å². The van der Waals surface area contributed by atoms with Crippen molar-refractivity contribution in [2.45, 2.75) is 12.7 Å². The maximum Gasteiger partial charge on any atom is 0.416 e. The molecule has 0 aliphatic carbocycles. The van der Waals surface area contributed by atoms with E-state index in [-0.39, 0.29) is 11.4 Å². The SMILES string of the molecule is O=c1c2ccccc2nc(-c2cccc(C(F)(F)F)c2)n1N=Cc1cn(Cc2ccccc2)c2ccccc12. The summed E-state index contributed by atoms with van der Waals surface area (Å²) < 4.78 is 43.6. The van der Waals surface area contributed by atoms with E-state index in [1.54, 1.807) is 30.5 Å². The van der Waals surface area contributed by atoms with Gasteiger partial charge in [0.15, 0.2) is 5.82 Å². The van der Waals surface area contributed by atoms with Crippen LogP contribution in [0.3, 0.4) is 0 Å². The summed E-state index contributed by atoms with van der Waals surface area (Å²) in [6, 6.07) is 29.3. The molecule has 5 nitrogen and oxygen atoms in total. The van der Waals surface area contributed by atoms with Gasteiger partial charge in [0.05, 0.1) is 22.7 Å². The zero-order chi connectivity index (χ0) is 27.0. The third kappa shape index (κ3) is 4.72. The molecule has 0 N–H and O–H groups in total. The highest BCUT2D eigenvalue weighted by Crippen LogP contribution is 2.32. The molecule has 0 saturated carbocycles. The lowest BCUT2D eigenvalue weighted by atomic mass is 10.1. The minimum absolute atomic E-state index is 0.0223. The molecule has 0 aliphatic heterocycles. The molecule has 8 heteroatoms. The first kappa shape index (κ1) is 24.4. The van der Waals surface area contributed by atoms with E-state index in [1.807, 2.05) is 60.8 Å². The molecule has 2 aromatic heterocycles. The van der Waals surface area contributed by atoms with Crippen LogP contribution in [0.4, 0.5) is 13.2 Å². The number of hydrogen-bond acceptors (Lipinski definition) is 3. The van der Waals surface area contributed by atoms with Crippen molar-refractivity contribution < 1.29 is 13.2 Å². The number of nitrogens with zero attached hydrogens (tertiary/aromatic N) is 4. The van der Waals surface area contributed by atoms with Gasteiger partial charge in [-0.25, -0.2) is 4.98 Å². The van der Waals surface area contributed by atoms with Crippen molar-refractivity contribution in [3.63, 3.8) is 0 Å². The third-order valence-corrected chi connectivity index (χ3v) is 6.53. The van der Waals surface area contributed by atoms with Gasteiger partial charge >= 0.3 is 6.18 Å². The lowest BCUT2D eigenvalue weighted by molar-refractivity contribution is -0.137. The van der Waals surface area contributed by atoms with Crippen LogP contribution in [0, 0.1) is 0 Å². The summed E-state index contributed by atoms with van der Waals surface area (Å²) in [4.78, 5) is 18.1. The van der Waals surface area contributed by atoms with Crippen LogP contribution in [-0.2, 0) is 12.7 Å². The van der Waals surface area contributed by atoms with E-state index in [0.717, 1.165) is 38.8 Å². The van der Waals surface area contributed by atoms with E-state index >= 15 is 0 Å². The second-order valence-electron chi connectivity index (χ2n) is 9.11. The van der Waals surface area contributed by atoms with Gasteiger partial charge in [-0.2, -0.15) is 22.9 Å². The Labute approximate surface area is 221 Å². The van der Waals surface area contributed by atoms with Gasteiger partial charge in [-0.05, 0) is 35.9 Å². The van der Waals surface area contributed by atoms with E-state index in [9.17, 15) is 18.0 Å². The molecule has 4 aromatic carbocycles. The fraction of sp³-hybridized carbons (Fsp3) is 0.0645. The zero-order valence-corrected chi connectivity index (χ0v) is 20.5. The van der Waals surface area contributed by atoms with Gasteiger partial charge in [-0.3, -0.25) is 4.79 Å². The third-order valence-electron chi connectivity index (χ3n) is 6.53. The molecule has 6 rings (SSSR count). The Kier molecular flexibility index (Phi) is 6.07. The van der Waals surface area contributed by atoms with E-state index in [4.69, 9.17) is 0 Å². The normalized spacial score (nSPS) is 12.1. The predicted octanol–water partition coefficient (Wildman–Crippen LogP) is 6.97. The van der Waals surface area contributed by atoms with Crippen LogP contribution < -0.4 is 5.56 Å². The Morgan fingerprint density at radius 2 is 1.54 bits per heavy atom. The van der Waals surface area contributed by atoms with Crippen molar-refractivity contribution in [1.82, 2.24) is 14.2 Å². The Morgan fingerprint density at radius 3 is 2.33 bits per heavy atom. The predicted molar refractivity (Wildman–Crippen MR) is 147 cm³/mol. The maximum absolute atomic E-state index is 13.5. The number of para-hydroxylation sites is 2. The summed E-state index contributed by atoms with van der Waals surface area (Å²) in [5.74, 6) is 0.0223. The van der Waals surface area contributed by atoms with Crippen molar-refractivity contribution in [1.29, 1.82) is 0 Å². The van der Waals surface area contributed by atoms with Crippen molar-refractivity contribution in [3.05, 3.63) is 136 Å². The lowest BCUT2D eigenvalue weighted by Gasteiger charge is -2.12. The minimum Gasteiger partial charge on any atom is -0.342 e. The molecular weight excluding hydrogens is 501 g/mol. The molecule has 0 fully saturated rings. The molecule has 0 aliphatic rings. The van der Waals surface area contributed by atoms with Gasteiger partial charge in [0.2, 0.25) is 0 Å². The van der Waals surface area contributed by atoms with Gasteiger partial charge in [0, 0.05) is 34.8 Å². The first-order valence-electron chi connectivity index (χ1n) is 12.2. The fourth-order valence-corrected chi connectivity index (χ4v) is 4.66. The molecule has 6 aromatic rings. The number of halogens is 3. The maximum atomic E-state index is 13.5. The first-order chi connectivity index (χ1) is 18.9. The van der Waals surface area contributed by atoms with Crippen LogP contribution >= 0.6 is 0 Å². The number of hydrogen-bond donors (Lipinski definition) is 0. The number of fused-ring (bicyclic) bond motifs is 2. The molecule has 0 spiro atoms.